The normalized spacial score (nSPS) is 36.0. The van der Waals surface area contributed by atoms with Crippen LogP contribution in [0.15, 0.2) is 0 Å². The average Bonchev–Trinajstić information content (AvgIpc) is 2.72. The van der Waals surface area contributed by atoms with Gasteiger partial charge in [0.25, 0.3) is 0 Å². The molecule has 12 heavy (non-hydrogen) atoms. The van der Waals surface area contributed by atoms with E-state index >= 15 is 0 Å². The molecule has 0 aromatic rings. The Labute approximate surface area is 77.0 Å². The molecule has 3 rings (SSSR count). The highest BCUT2D eigenvalue weighted by Gasteiger charge is 2.52. The van der Waals surface area contributed by atoms with Crippen molar-refractivity contribution in [3.05, 3.63) is 0 Å². The summed E-state index contributed by atoms with van der Waals surface area (Å²) >= 11 is 2.12. The van der Waals surface area contributed by atoms with Crippen LogP contribution in [-0.4, -0.2) is 29.5 Å². The zero-order valence-corrected chi connectivity index (χ0v) is 7.99. The molecular formula is C9H14O2S. The van der Waals surface area contributed by atoms with Gasteiger partial charge in [0.1, 0.15) is 0 Å². The molecule has 68 valence electrons. The highest BCUT2D eigenvalue weighted by atomic mass is 32.2. The monoisotopic (exact) mass is 186 g/mol. The number of rotatable bonds is 0. The van der Waals surface area contributed by atoms with E-state index in [2.05, 4.69) is 11.8 Å². The van der Waals surface area contributed by atoms with Crippen LogP contribution in [0.25, 0.3) is 0 Å². The van der Waals surface area contributed by atoms with Crippen LogP contribution in [0.1, 0.15) is 25.7 Å². The van der Waals surface area contributed by atoms with Crippen molar-refractivity contribution >= 4 is 11.8 Å². The molecule has 1 aliphatic carbocycles. The number of ether oxygens (including phenoxy) is 2. The first-order valence-corrected chi connectivity index (χ1v) is 5.73. The Morgan fingerprint density at radius 1 is 0.917 bits per heavy atom. The molecule has 0 aromatic heterocycles. The van der Waals surface area contributed by atoms with Gasteiger partial charge < -0.3 is 9.47 Å². The van der Waals surface area contributed by atoms with Crippen molar-refractivity contribution in [2.75, 3.05) is 19.0 Å². The van der Waals surface area contributed by atoms with E-state index in [9.17, 15) is 0 Å². The predicted octanol–water partition coefficient (Wildman–Crippen LogP) is 1.79. The van der Waals surface area contributed by atoms with Crippen molar-refractivity contribution in [1.82, 2.24) is 0 Å². The highest BCUT2D eigenvalue weighted by Crippen LogP contribution is 2.57. The van der Waals surface area contributed by atoms with Crippen molar-refractivity contribution in [2.45, 2.75) is 36.2 Å². The minimum atomic E-state index is -0.144. The first-order chi connectivity index (χ1) is 5.83. The fourth-order valence-corrected chi connectivity index (χ4v) is 3.25. The first kappa shape index (κ1) is 7.65. The molecule has 3 aliphatic rings. The van der Waals surface area contributed by atoms with E-state index in [1.807, 2.05) is 0 Å². The zero-order valence-electron chi connectivity index (χ0n) is 7.17. The molecule has 2 nitrogen and oxygen atoms in total. The van der Waals surface area contributed by atoms with E-state index in [1.54, 1.807) is 0 Å². The topological polar surface area (TPSA) is 18.5 Å². The minimum absolute atomic E-state index is 0.144. The first-order valence-electron chi connectivity index (χ1n) is 4.75. The summed E-state index contributed by atoms with van der Waals surface area (Å²) in [5.74, 6) is 1.23. The van der Waals surface area contributed by atoms with Crippen LogP contribution in [0.4, 0.5) is 0 Å². The molecule has 0 unspecified atom stereocenters. The fraction of sp³-hybridized carbons (Fsp3) is 1.00. The van der Waals surface area contributed by atoms with Crippen LogP contribution in [0.5, 0.6) is 0 Å². The second-order valence-corrected chi connectivity index (χ2v) is 5.52. The molecule has 3 fully saturated rings. The number of thioether (sulfide) groups is 1. The lowest BCUT2D eigenvalue weighted by Gasteiger charge is -2.34. The Morgan fingerprint density at radius 2 is 1.50 bits per heavy atom. The van der Waals surface area contributed by atoms with Gasteiger partial charge in [-0.15, -0.1) is 0 Å². The summed E-state index contributed by atoms with van der Waals surface area (Å²) < 4.78 is 12.0. The molecule has 0 atom stereocenters. The summed E-state index contributed by atoms with van der Waals surface area (Å²) in [5, 5.41) is 0. The molecule has 0 aromatic carbocycles. The third-order valence-corrected chi connectivity index (χ3v) is 4.80. The second-order valence-electron chi connectivity index (χ2n) is 4.08. The third kappa shape index (κ3) is 1.10. The van der Waals surface area contributed by atoms with Crippen molar-refractivity contribution < 1.29 is 9.47 Å². The Hall–Kier alpha value is 0.270. The third-order valence-electron chi connectivity index (χ3n) is 3.29. The maximum Gasteiger partial charge on any atom is 0.168 e. The van der Waals surface area contributed by atoms with Crippen molar-refractivity contribution in [2.24, 2.45) is 0 Å². The predicted molar refractivity (Wildman–Crippen MR) is 48.3 cm³/mol. The molecule has 2 saturated heterocycles. The molecule has 0 radical (unpaired) electrons. The maximum atomic E-state index is 5.67. The molecular weight excluding hydrogens is 172 g/mol. The largest absolute Gasteiger partial charge is 0.348 e. The van der Waals surface area contributed by atoms with Crippen LogP contribution in [0.2, 0.25) is 0 Å². The lowest BCUT2D eigenvalue weighted by molar-refractivity contribution is -0.178. The summed E-state index contributed by atoms with van der Waals surface area (Å²) in [6.45, 7) is 1.61. The Kier molecular flexibility index (Phi) is 1.53. The molecule has 0 amide bonds. The summed E-state index contributed by atoms with van der Waals surface area (Å²) in [7, 11) is 0. The lowest BCUT2D eigenvalue weighted by Crippen LogP contribution is -2.37. The van der Waals surface area contributed by atoms with E-state index in [-0.39, 0.29) is 5.79 Å². The standard InChI is InChI=1S/C9H14O2S/c1-3-9(10-5-6-11-9)4-2-8(1)7-12-8/h1-7H2. The smallest absolute Gasteiger partial charge is 0.168 e. The molecule has 3 heteroatoms. The van der Waals surface area contributed by atoms with Gasteiger partial charge in [0, 0.05) is 23.3 Å². The van der Waals surface area contributed by atoms with Gasteiger partial charge in [-0.2, -0.15) is 11.8 Å². The van der Waals surface area contributed by atoms with E-state index in [0.29, 0.717) is 4.75 Å². The van der Waals surface area contributed by atoms with Crippen molar-refractivity contribution in [3.63, 3.8) is 0 Å². The average molecular weight is 186 g/mol. The van der Waals surface area contributed by atoms with Crippen LogP contribution in [0.3, 0.4) is 0 Å². The van der Waals surface area contributed by atoms with Crippen LogP contribution < -0.4 is 0 Å². The minimum Gasteiger partial charge on any atom is -0.348 e. The van der Waals surface area contributed by atoms with Gasteiger partial charge in [-0.25, -0.2) is 0 Å². The molecule has 0 N–H and O–H groups in total. The lowest BCUT2D eigenvalue weighted by atomic mass is 9.86. The SMILES string of the molecule is C1COC2(CCC3(CC2)CS3)O1. The second kappa shape index (κ2) is 2.40. The van der Waals surface area contributed by atoms with Crippen molar-refractivity contribution in [3.8, 4) is 0 Å². The van der Waals surface area contributed by atoms with Gasteiger partial charge in [0.15, 0.2) is 5.79 Å². The molecule has 0 bridgehead atoms. The van der Waals surface area contributed by atoms with Crippen LogP contribution in [-0.2, 0) is 9.47 Å². The Morgan fingerprint density at radius 3 is 2.00 bits per heavy atom. The van der Waals surface area contributed by atoms with E-state index < -0.39 is 0 Å². The summed E-state index contributed by atoms with van der Waals surface area (Å²) in [6, 6.07) is 0. The summed E-state index contributed by atoms with van der Waals surface area (Å²) in [4.78, 5) is 0. The van der Waals surface area contributed by atoms with Crippen LogP contribution >= 0.6 is 11.8 Å². The van der Waals surface area contributed by atoms with Crippen molar-refractivity contribution in [1.29, 1.82) is 0 Å². The number of hydrogen-bond donors (Lipinski definition) is 0. The van der Waals surface area contributed by atoms with Gasteiger partial charge in [0.2, 0.25) is 0 Å². The number of hydrogen-bond acceptors (Lipinski definition) is 3. The fourth-order valence-electron chi connectivity index (χ4n) is 2.26. The van der Waals surface area contributed by atoms with Gasteiger partial charge in [-0.3, -0.25) is 0 Å². The van der Waals surface area contributed by atoms with E-state index in [1.165, 1.54) is 18.6 Å². The quantitative estimate of drug-likeness (QED) is 0.537. The zero-order chi connectivity index (χ0) is 8.07. The molecule has 2 heterocycles. The summed E-state index contributed by atoms with van der Waals surface area (Å²) in [5.41, 5.74) is 0. The van der Waals surface area contributed by atoms with Crippen LogP contribution in [0, 0.1) is 0 Å². The summed E-state index contributed by atoms with van der Waals surface area (Å²) in [6.07, 6.45) is 4.86. The van der Waals surface area contributed by atoms with E-state index in [4.69, 9.17) is 9.47 Å². The molecule has 2 aliphatic heterocycles. The molecule has 1 saturated carbocycles. The maximum absolute atomic E-state index is 5.67. The van der Waals surface area contributed by atoms with Gasteiger partial charge in [0.05, 0.1) is 13.2 Å². The van der Waals surface area contributed by atoms with Gasteiger partial charge in [-0.1, -0.05) is 0 Å². The van der Waals surface area contributed by atoms with E-state index in [0.717, 1.165) is 26.1 Å². The Bertz CT molecular complexity index is 183. The Balaban J connectivity index is 1.69. The molecule has 2 spiro atoms. The highest BCUT2D eigenvalue weighted by molar-refractivity contribution is 8.07. The van der Waals surface area contributed by atoms with Gasteiger partial charge >= 0.3 is 0 Å². The van der Waals surface area contributed by atoms with Gasteiger partial charge in [-0.05, 0) is 12.8 Å².